The van der Waals surface area contributed by atoms with Crippen molar-refractivity contribution in [1.82, 2.24) is 9.62 Å². The Balaban J connectivity index is 0.00000240. The third kappa shape index (κ3) is 4.53. The minimum absolute atomic E-state index is 0. The Hall–Kier alpha value is -2.20. The van der Waals surface area contributed by atoms with E-state index in [4.69, 9.17) is 18.9 Å². The number of benzene rings is 2. The summed E-state index contributed by atoms with van der Waals surface area (Å²) in [5.74, 6) is 2.35. The second kappa shape index (κ2) is 8.66. The van der Waals surface area contributed by atoms with Crippen LogP contribution in [-0.4, -0.2) is 54.0 Å². The van der Waals surface area contributed by atoms with Crippen LogP contribution in [0.15, 0.2) is 41.3 Å². The summed E-state index contributed by atoms with van der Waals surface area (Å²) in [7, 11) is 0.0829. The van der Waals surface area contributed by atoms with Gasteiger partial charge in [-0.2, -0.15) is 0 Å². The van der Waals surface area contributed by atoms with Gasteiger partial charge in [-0.3, -0.25) is 0 Å². The van der Waals surface area contributed by atoms with Crippen LogP contribution in [0.1, 0.15) is 11.6 Å². The van der Waals surface area contributed by atoms with Crippen molar-refractivity contribution < 1.29 is 27.4 Å². The quantitative estimate of drug-likeness (QED) is 0.733. The SMILES string of the molecule is CN(C)C(CNS(=O)(=O)c1ccc2c(c1)OCCO2)c1ccc2c(c1)OCO2.Cl. The van der Waals surface area contributed by atoms with E-state index >= 15 is 0 Å². The zero-order valence-corrected chi connectivity index (χ0v) is 17.7. The van der Waals surface area contributed by atoms with E-state index in [1.54, 1.807) is 6.07 Å². The number of halogens is 1. The molecule has 1 N–H and O–H groups in total. The highest BCUT2D eigenvalue weighted by atomic mass is 35.5. The molecule has 0 spiro atoms. The summed E-state index contributed by atoms with van der Waals surface area (Å²) < 4.78 is 50.0. The van der Waals surface area contributed by atoms with Gasteiger partial charge < -0.3 is 23.8 Å². The molecule has 0 amide bonds. The van der Waals surface area contributed by atoms with E-state index < -0.39 is 10.0 Å². The van der Waals surface area contributed by atoms with Crippen molar-refractivity contribution in [2.75, 3.05) is 40.6 Å². The van der Waals surface area contributed by atoms with Crippen molar-refractivity contribution in [3.63, 3.8) is 0 Å². The van der Waals surface area contributed by atoms with E-state index in [9.17, 15) is 8.42 Å². The average molecular weight is 443 g/mol. The lowest BCUT2D eigenvalue weighted by Gasteiger charge is -2.25. The highest BCUT2D eigenvalue weighted by Gasteiger charge is 2.24. The Bertz CT molecular complexity index is 983. The van der Waals surface area contributed by atoms with Crippen molar-refractivity contribution in [2.45, 2.75) is 10.9 Å². The minimum Gasteiger partial charge on any atom is -0.486 e. The van der Waals surface area contributed by atoms with Gasteiger partial charge in [-0.05, 0) is 43.9 Å². The summed E-state index contributed by atoms with van der Waals surface area (Å²) in [6, 6.07) is 10.1. The van der Waals surface area contributed by atoms with E-state index in [2.05, 4.69) is 4.72 Å². The number of hydrogen-bond donors (Lipinski definition) is 1. The fourth-order valence-corrected chi connectivity index (χ4v) is 4.24. The largest absolute Gasteiger partial charge is 0.486 e. The lowest BCUT2D eigenvalue weighted by molar-refractivity contribution is 0.171. The van der Waals surface area contributed by atoms with Crippen molar-refractivity contribution in [3.8, 4) is 23.0 Å². The normalized spacial score (nSPS) is 15.7. The van der Waals surface area contributed by atoms with Crippen LogP contribution in [0.2, 0.25) is 0 Å². The zero-order chi connectivity index (χ0) is 19.7. The molecule has 158 valence electrons. The fraction of sp³-hybridized carbons (Fsp3) is 0.368. The molecule has 4 rings (SSSR count). The number of rotatable bonds is 6. The first kappa shape index (κ1) is 21.5. The molecule has 2 aromatic rings. The van der Waals surface area contributed by atoms with Gasteiger partial charge in [0.15, 0.2) is 23.0 Å². The van der Waals surface area contributed by atoms with Gasteiger partial charge in [-0.25, -0.2) is 13.1 Å². The van der Waals surface area contributed by atoms with Crippen LogP contribution in [0, 0.1) is 0 Å². The summed E-state index contributed by atoms with van der Waals surface area (Å²) in [5, 5.41) is 0. The fourth-order valence-electron chi connectivity index (χ4n) is 3.18. The van der Waals surface area contributed by atoms with E-state index in [0.29, 0.717) is 36.2 Å². The van der Waals surface area contributed by atoms with E-state index in [1.165, 1.54) is 12.1 Å². The number of nitrogens with zero attached hydrogens (tertiary/aromatic N) is 1. The average Bonchev–Trinajstić information content (AvgIpc) is 3.15. The van der Waals surface area contributed by atoms with Crippen LogP contribution in [0.5, 0.6) is 23.0 Å². The third-order valence-electron chi connectivity index (χ3n) is 4.70. The van der Waals surface area contributed by atoms with Crippen LogP contribution in [-0.2, 0) is 10.0 Å². The van der Waals surface area contributed by atoms with Crippen LogP contribution in [0.3, 0.4) is 0 Å². The molecule has 0 saturated heterocycles. The number of nitrogens with one attached hydrogen (secondary N) is 1. The molecule has 2 aliphatic heterocycles. The molecule has 2 aromatic carbocycles. The standard InChI is InChI=1S/C19H22N2O6S.ClH/c1-21(2)15(13-3-5-17-18(9-13)27-12-26-17)11-20-28(22,23)14-4-6-16-19(10-14)25-8-7-24-16;/h3-6,9-10,15,20H,7-8,11-12H2,1-2H3;1H. The Morgan fingerprint density at radius 1 is 0.931 bits per heavy atom. The van der Waals surface area contributed by atoms with Gasteiger partial charge in [0.05, 0.1) is 4.90 Å². The lowest BCUT2D eigenvalue weighted by Crippen LogP contribution is -2.34. The summed E-state index contributed by atoms with van der Waals surface area (Å²) in [4.78, 5) is 2.09. The van der Waals surface area contributed by atoms with Gasteiger partial charge in [-0.15, -0.1) is 12.4 Å². The smallest absolute Gasteiger partial charge is 0.240 e. The maximum absolute atomic E-state index is 12.8. The summed E-state index contributed by atoms with van der Waals surface area (Å²) in [5.41, 5.74) is 0.930. The minimum atomic E-state index is -3.71. The van der Waals surface area contributed by atoms with Crippen LogP contribution < -0.4 is 23.7 Å². The maximum atomic E-state index is 12.8. The van der Waals surface area contributed by atoms with Gasteiger partial charge in [-0.1, -0.05) is 6.07 Å². The van der Waals surface area contributed by atoms with Gasteiger partial charge in [0, 0.05) is 18.7 Å². The van der Waals surface area contributed by atoms with E-state index in [1.807, 2.05) is 37.2 Å². The molecule has 1 atom stereocenters. The van der Waals surface area contributed by atoms with Crippen LogP contribution >= 0.6 is 12.4 Å². The number of fused-ring (bicyclic) bond motifs is 2. The molecule has 0 fully saturated rings. The molecule has 2 heterocycles. The molecule has 0 radical (unpaired) electrons. The summed E-state index contributed by atoms with van der Waals surface area (Å²) >= 11 is 0. The number of hydrogen-bond acceptors (Lipinski definition) is 7. The summed E-state index contributed by atoms with van der Waals surface area (Å²) in [6.45, 7) is 1.25. The summed E-state index contributed by atoms with van der Waals surface area (Å²) in [6.07, 6.45) is 0. The van der Waals surface area contributed by atoms with E-state index in [-0.39, 0.29) is 36.7 Å². The molecule has 2 aliphatic rings. The molecule has 0 aromatic heterocycles. The Kier molecular flexibility index (Phi) is 6.42. The lowest BCUT2D eigenvalue weighted by atomic mass is 10.1. The Labute approximate surface area is 176 Å². The van der Waals surface area contributed by atoms with Gasteiger partial charge >= 0.3 is 0 Å². The van der Waals surface area contributed by atoms with Crippen molar-refractivity contribution in [1.29, 1.82) is 0 Å². The highest BCUT2D eigenvalue weighted by molar-refractivity contribution is 7.89. The van der Waals surface area contributed by atoms with Crippen molar-refractivity contribution in [2.24, 2.45) is 0 Å². The second-order valence-corrected chi connectivity index (χ2v) is 8.52. The molecule has 0 aliphatic carbocycles. The van der Waals surface area contributed by atoms with Gasteiger partial charge in [0.25, 0.3) is 0 Å². The van der Waals surface area contributed by atoms with Crippen LogP contribution in [0.25, 0.3) is 0 Å². The molecule has 8 nitrogen and oxygen atoms in total. The molecule has 1 unspecified atom stereocenters. The molecule has 29 heavy (non-hydrogen) atoms. The van der Waals surface area contributed by atoms with Gasteiger partial charge in [0.1, 0.15) is 13.2 Å². The predicted octanol–water partition coefficient (Wildman–Crippen LogP) is 2.19. The molecule has 10 heteroatoms. The first-order chi connectivity index (χ1) is 13.4. The highest BCUT2D eigenvalue weighted by Crippen LogP contribution is 2.35. The molecule has 0 bridgehead atoms. The first-order valence-electron chi connectivity index (χ1n) is 8.89. The van der Waals surface area contributed by atoms with Crippen molar-refractivity contribution in [3.05, 3.63) is 42.0 Å². The molecule has 0 saturated carbocycles. The number of ether oxygens (including phenoxy) is 4. The van der Waals surface area contributed by atoms with E-state index in [0.717, 1.165) is 5.56 Å². The monoisotopic (exact) mass is 442 g/mol. The topological polar surface area (TPSA) is 86.3 Å². The van der Waals surface area contributed by atoms with Gasteiger partial charge in [0.2, 0.25) is 16.8 Å². The second-order valence-electron chi connectivity index (χ2n) is 6.75. The van der Waals surface area contributed by atoms with Crippen molar-refractivity contribution >= 4 is 22.4 Å². The Morgan fingerprint density at radius 3 is 2.31 bits per heavy atom. The first-order valence-corrected chi connectivity index (χ1v) is 10.4. The predicted molar refractivity (Wildman–Crippen MR) is 109 cm³/mol. The van der Waals surface area contributed by atoms with Crippen LogP contribution in [0.4, 0.5) is 0 Å². The molecular formula is C19H23ClN2O6S. The number of likely N-dealkylation sites (N-methyl/N-ethyl adjacent to an activating group) is 1. The number of sulfonamides is 1. The zero-order valence-electron chi connectivity index (χ0n) is 16.1. The maximum Gasteiger partial charge on any atom is 0.240 e. The Morgan fingerprint density at radius 2 is 1.55 bits per heavy atom. The third-order valence-corrected chi connectivity index (χ3v) is 6.12. The molecular weight excluding hydrogens is 420 g/mol.